The van der Waals surface area contributed by atoms with Crippen molar-refractivity contribution in [3.63, 3.8) is 0 Å². The number of rotatable bonds is 8. The fraction of sp³-hybridized carbons (Fsp3) is 0.240. The molecule has 190 valence electrons. The van der Waals surface area contributed by atoms with Crippen LogP contribution in [0.1, 0.15) is 5.56 Å². The van der Waals surface area contributed by atoms with Crippen molar-refractivity contribution in [2.45, 2.75) is 16.7 Å². The summed E-state index contributed by atoms with van der Waals surface area (Å²) in [6, 6.07) is 20.6. The summed E-state index contributed by atoms with van der Waals surface area (Å²) in [5.41, 5.74) is 1.48. The van der Waals surface area contributed by atoms with Crippen molar-refractivity contribution < 1.29 is 26.4 Å². The van der Waals surface area contributed by atoms with Gasteiger partial charge in [0, 0.05) is 18.8 Å². The Bertz CT molecular complexity index is 1420. The molecular weight excluding hydrogens is 502 g/mol. The molecule has 0 aromatic heterocycles. The summed E-state index contributed by atoms with van der Waals surface area (Å²) in [4.78, 5) is 13.1. The fourth-order valence-electron chi connectivity index (χ4n) is 3.75. The van der Waals surface area contributed by atoms with Gasteiger partial charge in [-0.3, -0.25) is 9.10 Å². The van der Waals surface area contributed by atoms with E-state index >= 15 is 0 Å². The van der Waals surface area contributed by atoms with Crippen molar-refractivity contribution in [2.24, 2.45) is 0 Å². The molecule has 1 aliphatic heterocycles. The number of sulfonamides is 2. The Morgan fingerprint density at radius 1 is 0.889 bits per heavy atom. The van der Waals surface area contributed by atoms with Gasteiger partial charge in [-0.15, -0.1) is 0 Å². The third-order valence-corrected chi connectivity index (χ3v) is 9.35. The van der Waals surface area contributed by atoms with Crippen LogP contribution in [0.4, 0.5) is 11.4 Å². The number of amides is 1. The van der Waals surface area contributed by atoms with Gasteiger partial charge >= 0.3 is 0 Å². The number of nitrogens with one attached hydrogen (secondary N) is 1. The summed E-state index contributed by atoms with van der Waals surface area (Å²) in [5, 5.41) is 2.64. The van der Waals surface area contributed by atoms with Gasteiger partial charge in [-0.2, -0.15) is 4.31 Å². The molecule has 11 heteroatoms. The number of carbonyl (C=O) groups excluding carboxylic acids is 1. The van der Waals surface area contributed by atoms with Gasteiger partial charge in [-0.25, -0.2) is 16.8 Å². The molecule has 9 nitrogen and oxygen atoms in total. The van der Waals surface area contributed by atoms with Crippen LogP contribution in [0.5, 0.6) is 0 Å². The van der Waals surface area contributed by atoms with Crippen LogP contribution < -0.4 is 9.62 Å². The van der Waals surface area contributed by atoms with E-state index < -0.39 is 32.5 Å². The molecule has 4 rings (SSSR count). The molecule has 1 heterocycles. The second-order valence-corrected chi connectivity index (χ2v) is 12.1. The number of nitrogens with zero attached hydrogens (tertiary/aromatic N) is 2. The lowest BCUT2D eigenvalue weighted by atomic mass is 10.2. The molecule has 0 spiro atoms. The molecule has 0 aliphatic carbocycles. The van der Waals surface area contributed by atoms with Gasteiger partial charge in [0.15, 0.2) is 0 Å². The minimum absolute atomic E-state index is 0.0365. The molecule has 0 saturated carbocycles. The quantitative estimate of drug-likeness (QED) is 0.480. The molecule has 0 bridgehead atoms. The first-order valence-corrected chi connectivity index (χ1v) is 14.2. The number of benzene rings is 3. The van der Waals surface area contributed by atoms with E-state index in [9.17, 15) is 21.6 Å². The number of ether oxygens (including phenoxy) is 1. The van der Waals surface area contributed by atoms with Gasteiger partial charge in [0.1, 0.15) is 6.54 Å². The molecule has 0 unspecified atom stereocenters. The average molecular weight is 530 g/mol. The number of anilines is 2. The van der Waals surface area contributed by atoms with Crippen molar-refractivity contribution in [1.29, 1.82) is 0 Å². The van der Waals surface area contributed by atoms with E-state index in [1.54, 1.807) is 48.5 Å². The molecule has 0 radical (unpaired) electrons. The summed E-state index contributed by atoms with van der Waals surface area (Å²) in [6.07, 6.45) is 0. The zero-order chi connectivity index (χ0) is 25.8. The summed E-state index contributed by atoms with van der Waals surface area (Å²) >= 11 is 0. The minimum Gasteiger partial charge on any atom is -0.379 e. The second-order valence-electron chi connectivity index (χ2n) is 8.25. The second kappa shape index (κ2) is 10.8. The SMILES string of the molecule is Cc1ccc(S(=O)(=O)N(CC(=O)Nc2cccc(S(=O)(=O)N3CCOCC3)c2)c2ccccc2)cc1. The topological polar surface area (TPSA) is 113 Å². The van der Waals surface area contributed by atoms with Crippen molar-refractivity contribution >= 4 is 37.3 Å². The van der Waals surface area contributed by atoms with Crippen LogP contribution in [0.15, 0.2) is 88.7 Å². The Morgan fingerprint density at radius 3 is 2.22 bits per heavy atom. The largest absolute Gasteiger partial charge is 0.379 e. The van der Waals surface area contributed by atoms with Gasteiger partial charge < -0.3 is 10.1 Å². The smallest absolute Gasteiger partial charge is 0.264 e. The normalized spacial score (nSPS) is 14.8. The maximum Gasteiger partial charge on any atom is 0.264 e. The predicted octanol–water partition coefficient (Wildman–Crippen LogP) is 2.85. The molecule has 3 aromatic carbocycles. The Kier molecular flexibility index (Phi) is 7.74. The molecule has 1 fully saturated rings. The van der Waals surface area contributed by atoms with E-state index in [2.05, 4.69) is 5.32 Å². The highest BCUT2D eigenvalue weighted by molar-refractivity contribution is 7.92. The van der Waals surface area contributed by atoms with Gasteiger partial charge in [0.2, 0.25) is 15.9 Å². The minimum atomic E-state index is -4.05. The fourth-order valence-corrected chi connectivity index (χ4v) is 6.62. The first-order valence-electron chi connectivity index (χ1n) is 11.3. The highest BCUT2D eigenvalue weighted by Gasteiger charge is 2.28. The lowest BCUT2D eigenvalue weighted by Crippen LogP contribution is -2.40. The van der Waals surface area contributed by atoms with Crippen molar-refractivity contribution in [3.8, 4) is 0 Å². The summed E-state index contributed by atoms with van der Waals surface area (Å²) in [6.45, 7) is 2.50. The standard InChI is InChI=1S/C25H27N3O6S2/c1-20-10-12-23(13-11-20)36(32,33)28(22-7-3-2-4-8-22)19-25(29)26-21-6-5-9-24(18-21)35(30,31)27-14-16-34-17-15-27/h2-13,18H,14-17,19H2,1H3,(H,26,29). The number of hydrogen-bond donors (Lipinski definition) is 1. The Labute approximate surface area is 211 Å². The lowest BCUT2D eigenvalue weighted by Gasteiger charge is -2.26. The van der Waals surface area contributed by atoms with Crippen LogP contribution in [-0.2, 0) is 29.6 Å². The molecule has 1 saturated heterocycles. The Morgan fingerprint density at radius 2 is 1.56 bits per heavy atom. The zero-order valence-corrected chi connectivity index (χ0v) is 21.3. The number of aryl methyl sites for hydroxylation is 1. The van der Waals surface area contributed by atoms with Crippen LogP contribution in [-0.4, -0.2) is 59.9 Å². The van der Waals surface area contributed by atoms with Crippen LogP contribution in [0.2, 0.25) is 0 Å². The summed E-state index contributed by atoms with van der Waals surface area (Å²) < 4.78 is 60.4. The maximum atomic E-state index is 13.4. The molecule has 0 atom stereocenters. The average Bonchev–Trinajstić information content (AvgIpc) is 2.88. The van der Waals surface area contributed by atoms with Gasteiger partial charge in [-0.1, -0.05) is 42.0 Å². The third kappa shape index (κ3) is 5.76. The van der Waals surface area contributed by atoms with Crippen molar-refractivity contribution in [2.75, 3.05) is 42.5 Å². The van der Waals surface area contributed by atoms with E-state index in [0.717, 1.165) is 9.87 Å². The van der Waals surface area contributed by atoms with Crippen LogP contribution in [0, 0.1) is 6.92 Å². The first kappa shape index (κ1) is 25.8. The van der Waals surface area contributed by atoms with Gasteiger partial charge in [0.05, 0.1) is 28.7 Å². The van der Waals surface area contributed by atoms with E-state index in [1.807, 2.05) is 6.92 Å². The summed E-state index contributed by atoms with van der Waals surface area (Å²) in [5.74, 6) is -0.615. The molecule has 3 aromatic rings. The van der Waals surface area contributed by atoms with E-state index in [4.69, 9.17) is 4.74 Å². The van der Waals surface area contributed by atoms with Crippen LogP contribution in [0.3, 0.4) is 0 Å². The predicted molar refractivity (Wildman–Crippen MR) is 137 cm³/mol. The van der Waals surface area contributed by atoms with E-state index in [1.165, 1.54) is 34.6 Å². The number of hydrogen-bond acceptors (Lipinski definition) is 6. The van der Waals surface area contributed by atoms with E-state index in [-0.39, 0.29) is 28.6 Å². The van der Waals surface area contributed by atoms with Crippen LogP contribution >= 0.6 is 0 Å². The molecule has 1 N–H and O–H groups in total. The Balaban J connectivity index is 1.57. The number of para-hydroxylation sites is 1. The zero-order valence-electron chi connectivity index (χ0n) is 19.7. The maximum absolute atomic E-state index is 13.4. The third-order valence-electron chi connectivity index (χ3n) is 5.67. The van der Waals surface area contributed by atoms with Gasteiger partial charge in [0.25, 0.3) is 10.0 Å². The monoisotopic (exact) mass is 529 g/mol. The molecule has 1 aliphatic rings. The molecule has 1 amide bonds. The highest BCUT2D eigenvalue weighted by atomic mass is 32.2. The highest BCUT2D eigenvalue weighted by Crippen LogP contribution is 2.25. The van der Waals surface area contributed by atoms with E-state index in [0.29, 0.717) is 18.9 Å². The first-order chi connectivity index (χ1) is 17.2. The lowest BCUT2D eigenvalue weighted by molar-refractivity contribution is -0.114. The number of carbonyl (C=O) groups is 1. The number of morpholine rings is 1. The van der Waals surface area contributed by atoms with Crippen LogP contribution in [0.25, 0.3) is 0 Å². The van der Waals surface area contributed by atoms with Crippen molar-refractivity contribution in [3.05, 3.63) is 84.4 Å². The molecule has 36 heavy (non-hydrogen) atoms. The molecular formula is C25H27N3O6S2. The van der Waals surface area contributed by atoms with Crippen molar-refractivity contribution in [1.82, 2.24) is 4.31 Å². The summed E-state index contributed by atoms with van der Waals surface area (Å²) in [7, 11) is -7.80. The Hall–Kier alpha value is -3.25. The van der Waals surface area contributed by atoms with Gasteiger partial charge in [-0.05, 0) is 49.4 Å².